The van der Waals surface area contributed by atoms with E-state index in [1.165, 1.54) is 11.3 Å². The van der Waals surface area contributed by atoms with Crippen LogP contribution in [0.2, 0.25) is 0 Å². The van der Waals surface area contributed by atoms with Crippen molar-refractivity contribution in [2.75, 3.05) is 0 Å². The first-order chi connectivity index (χ1) is 15.1. The van der Waals surface area contributed by atoms with E-state index in [0.29, 0.717) is 11.3 Å². The molecule has 3 aromatic rings. The highest BCUT2D eigenvalue weighted by Crippen LogP contribution is 2.48. The number of benzene rings is 1. The molecule has 0 amide bonds. The van der Waals surface area contributed by atoms with Gasteiger partial charge >= 0.3 is 5.97 Å². The predicted molar refractivity (Wildman–Crippen MR) is 126 cm³/mol. The summed E-state index contributed by atoms with van der Waals surface area (Å²) in [5, 5.41) is 23.0. The summed E-state index contributed by atoms with van der Waals surface area (Å²) in [6.45, 7) is 4.10. The monoisotopic (exact) mass is 428 g/mol. The number of nitriles is 1. The first kappa shape index (κ1) is 20.9. The molecule has 2 aromatic heterocycles. The van der Waals surface area contributed by atoms with Crippen molar-refractivity contribution in [2.45, 2.75) is 32.6 Å². The van der Waals surface area contributed by atoms with Crippen molar-refractivity contribution in [1.82, 2.24) is 4.98 Å². The van der Waals surface area contributed by atoms with E-state index in [4.69, 9.17) is 0 Å². The van der Waals surface area contributed by atoms with Gasteiger partial charge < -0.3 is 10.1 Å². The van der Waals surface area contributed by atoms with Crippen LogP contribution in [-0.2, 0) is 4.79 Å². The van der Waals surface area contributed by atoms with Crippen molar-refractivity contribution < 1.29 is 9.90 Å². The molecule has 1 saturated carbocycles. The van der Waals surface area contributed by atoms with E-state index in [0.717, 1.165) is 44.9 Å². The maximum atomic E-state index is 11.3. The Balaban J connectivity index is 1.94. The van der Waals surface area contributed by atoms with Gasteiger partial charge in [0.25, 0.3) is 0 Å². The maximum absolute atomic E-state index is 11.3. The molecule has 2 atom stereocenters. The standard InChI is InChI=1S/C26H24N2O2S/c1-3-5-6-10-18-22(4-2)28-25(24(18)19-11-12-31-23(19)15-27)17-9-7-8-16(13-17)20-14-21(20)26(29)30/h4-13,20-21,28H,3,14H2,1-2H3,(H,29,30)/b6-5+,18-10+,22-4+. The van der Waals surface area contributed by atoms with Gasteiger partial charge in [-0.3, -0.25) is 4.79 Å². The van der Waals surface area contributed by atoms with E-state index < -0.39 is 5.97 Å². The zero-order chi connectivity index (χ0) is 22.0. The van der Waals surface area contributed by atoms with Crippen LogP contribution in [0.3, 0.4) is 0 Å². The minimum Gasteiger partial charge on any atom is -0.481 e. The van der Waals surface area contributed by atoms with E-state index >= 15 is 0 Å². The lowest BCUT2D eigenvalue weighted by Gasteiger charge is -2.07. The summed E-state index contributed by atoms with van der Waals surface area (Å²) >= 11 is 1.44. The second kappa shape index (κ2) is 8.79. The number of carboxylic acids is 1. The quantitative estimate of drug-likeness (QED) is 0.579. The van der Waals surface area contributed by atoms with E-state index in [1.807, 2.05) is 42.6 Å². The Morgan fingerprint density at radius 3 is 2.90 bits per heavy atom. The third-order valence-corrected chi connectivity index (χ3v) is 6.56. The second-order valence-electron chi connectivity index (χ2n) is 7.68. The van der Waals surface area contributed by atoms with Gasteiger partial charge in [0.05, 0.1) is 11.6 Å². The Labute approximate surface area is 185 Å². The summed E-state index contributed by atoms with van der Waals surface area (Å²) in [4.78, 5) is 15.6. The van der Waals surface area contributed by atoms with Crippen molar-refractivity contribution >= 4 is 29.5 Å². The fourth-order valence-corrected chi connectivity index (χ4v) is 4.78. The summed E-state index contributed by atoms with van der Waals surface area (Å²) in [7, 11) is 0. The summed E-state index contributed by atoms with van der Waals surface area (Å²) in [5.41, 5.74) is 4.93. The van der Waals surface area contributed by atoms with Gasteiger partial charge in [-0.2, -0.15) is 5.26 Å². The number of nitrogens with one attached hydrogen (secondary N) is 1. The molecule has 2 N–H and O–H groups in total. The van der Waals surface area contributed by atoms with Crippen LogP contribution in [0.4, 0.5) is 0 Å². The van der Waals surface area contributed by atoms with Gasteiger partial charge in [0.2, 0.25) is 0 Å². The molecule has 1 aliphatic carbocycles. The van der Waals surface area contributed by atoms with Crippen LogP contribution in [0.1, 0.15) is 43.0 Å². The molecule has 4 rings (SSSR count). The van der Waals surface area contributed by atoms with Crippen LogP contribution in [0.25, 0.3) is 34.5 Å². The normalized spacial score (nSPS) is 19.1. The van der Waals surface area contributed by atoms with Gasteiger partial charge in [-0.15, -0.1) is 11.3 Å². The molecule has 0 spiro atoms. The minimum absolute atomic E-state index is 0.0717. The molecule has 4 nitrogen and oxygen atoms in total. The number of hydrogen-bond donors (Lipinski definition) is 2. The molecule has 0 radical (unpaired) electrons. The van der Waals surface area contributed by atoms with E-state index in [-0.39, 0.29) is 11.8 Å². The third-order valence-electron chi connectivity index (χ3n) is 5.74. The second-order valence-corrected chi connectivity index (χ2v) is 8.60. The number of rotatable bonds is 6. The largest absolute Gasteiger partial charge is 0.481 e. The summed E-state index contributed by atoms with van der Waals surface area (Å²) in [5.74, 6) is -0.944. The number of carbonyl (C=O) groups is 1. The number of hydrogen-bond acceptors (Lipinski definition) is 3. The number of aliphatic carboxylic acids is 1. The average Bonchev–Trinajstić information content (AvgIpc) is 3.32. The third kappa shape index (κ3) is 3.99. The van der Waals surface area contributed by atoms with Crippen LogP contribution in [0, 0.1) is 17.2 Å². The Morgan fingerprint density at radius 2 is 2.23 bits per heavy atom. The number of allylic oxidation sites excluding steroid dienone is 2. The molecule has 1 fully saturated rings. The summed E-state index contributed by atoms with van der Waals surface area (Å²) < 4.78 is 0. The lowest BCUT2D eigenvalue weighted by Crippen LogP contribution is -2.23. The molecular formula is C26H24N2O2S. The Kier molecular flexibility index (Phi) is 5.92. The molecule has 2 heterocycles. The topological polar surface area (TPSA) is 76.9 Å². The Morgan fingerprint density at radius 1 is 1.39 bits per heavy atom. The summed E-state index contributed by atoms with van der Waals surface area (Å²) in [6.07, 6.45) is 9.94. The summed E-state index contributed by atoms with van der Waals surface area (Å²) in [6, 6.07) is 12.5. The lowest BCUT2D eigenvalue weighted by atomic mass is 9.97. The van der Waals surface area contributed by atoms with Crippen LogP contribution < -0.4 is 10.6 Å². The van der Waals surface area contributed by atoms with Gasteiger partial charge in [0.1, 0.15) is 10.9 Å². The maximum Gasteiger partial charge on any atom is 0.307 e. The molecule has 31 heavy (non-hydrogen) atoms. The fourth-order valence-electron chi connectivity index (χ4n) is 4.09. The van der Waals surface area contributed by atoms with E-state index in [1.54, 1.807) is 0 Å². The van der Waals surface area contributed by atoms with E-state index in [9.17, 15) is 15.2 Å². The number of H-pyrrole nitrogens is 1. The lowest BCUT2D eigenvalue weighted by molar-refractivity contribution is -0.138. The SMILES string of the molecule is C/C=c1/[nH]c(-c2cccc(C3CC3C(=O)O)c2)c(-c2ccsc2C#N)/c1=C/C=C/CC. The molecule has 0 bridgehead atoms. The van der Waals surface area contributed by atoms with Crippen molar-refractivity contribution in [3.63, 3.8) is 0 Å². The van der Waals surface area contributed by atoms with E-state index in [2.05, 4.69) is 42.3 Å². The highest BCUT2D eigenvalue weighted by Gasteiger charge is 2.44. The molecule has 2 unspecified atom stereocenters. The van der Waals surface area contributed by atoms with Crippen LogP contribution in [-0.4, -0.2) is 16.1 Å². The van der Waals surface area contributed by atoms with Gasteiger partial charge in [0, 0.05) is 21.7 Å². The number of nitrogens with zero attached hydrogens (tertiary/aromatic N) is 1. The zero-order valence-corrected chi connectivity index (χ0v) is 18.4. The molecule has 0 aliphatic heterocycles. The molecule has 156 valence electrons. The number of aromatic nitrogens is 1. The minimum atomic E-state index is -0.727. The predicted octanol–water partition coefficient (Wildman–Crippen LogP) is 5.02. The van der Waals surface area contributed by atoms with Crippen molar-refractivity contribution in [3.05, 3.63) is 68.9 Å². The van der Waals surface area contributed by atoms with Gasteiger partial charge in [0.15, 0.2) is 0 Å². The van der Waals surface area contributed by atoms with Gasteiger partial charge in [-0.1, -0.05) is 49.4 Å². The highest BCUT2D eigenvalue weighted by atomic mass is 32.1. The van der Waals surface area contributed by atoms with Gasteiger partial charge in [-0.25, -0.2) is 0 Å². The van der Waals surface area contributed by atoms with Gasteiger partial charge in [-0.05, 0) is 54.3 Å². The molecule has 1 aromatic carbocycles. The van der Waals surface area contributed by atoms with Crippen molar-refractivity contribution in [1.29, 1.82) is 5.26 Å². The number of aromatic amines is 1. The molecular weight excluding hydrogens is 404 g/mol. The fraction of sp³-hybridized carbons (Fsp3) is 0.231. The first-order valence-electron chi connectivity index (χ1n) is 10.4. The number of thiophene rings is 1. The Hall–Kier alpha value is -3.36. The number of carboxylic acid groups (broad SMARTS) is 1. The highest BCUT2D eigenvalue weighted by molar-refractivity contribution is 7.11. The van der Waals surface area contributed by atoms with Crippen molar-refractivity contribution in [3.8, 4) is 28.5 Å². The smallest absolute Gasteiger partial charge is 0.307 e. The van der Waals surface area contributed by atoms with Crippen LogP contribution >= 0.6 is 11.3 Å². The van der Waals surface area contributed by atoms with Crippen LogP contribution in [0.15, 0.2) is 47.9 Å². The molecule has 5 heteroatoms. The average molecular weight is 429 g/mol. The zero-order valence-electron chi connectivity index (χ0n) is 17.6. The molecule has 1 aliphatic rings. The van der Waals surface area contributed by atoms with Crippen molar-refractivity contribution in [2.24, 2.45) is 5.92 Å². The first-order valence-corrected chi connectivity index (χ1v) is 11.3. The van der Waals surface area contributed by atoms with Crippen LogP contribution in [0.5, 0.6) is 0 Å². The molecule has 0 saturated heterocycles. The Bertz CT molecular complexity index is 1320.